The summed E-state index contributed by atoms with van der Waals surface area (Å²) in [5, 5.41) is 18.1. The van der Waals surface area contributed by atoms with E-state index >= 15 is 0 Å². The minimum absolute atomic E-state index is 0.0853. The third-order valence-corrected chi connectivity index (χ3v) is 4.84. The molecule has 1 fully saturated rings. The van der Waals surface area contributed by atoms with Crippen LogP contribution in [-0.2, 0) is 0 Å². The Balaban J connectivity index is 2.38. The summed E-state index contributed by atoms with van der Waals surface area (Å²) in [6, 6.07) is 6.06. The van der Waals surface area contributed by atoms with E-state index in [0.29, 0.717) is 0 Å². The summed E-state index contributed by atoms with van der Waals surface area (Å²) in [6.45, 7) is 0. The molecule has 1 aromatic carbocycles. The molecule has 2 rings (SSSR count). The van der Waals surface area contributed by atoms with Crippen LogP contribution in [0.3, 0.4) is 0 Å². The number of thioether (sulfide) groups is 1. The third kappa shape index (κ3) is 2.94. The largest absolute Gasteiger partial charge is 0.391 e. The molecule has 1 aliphatic rings. The van der Waals surface area contributed by atoms with Gasteiger partial charge in [-0.3, -0.25) is 5.41 Å². The lowest BCUT2D eigenvalue weighted by atomic mass is 9.91. The zero-order valence-electron chi connectivity index (χ0n) is 12.1. The van der Waals surface area contributed by atoms with Gasteiger partial charge in [-0.25, -0.2) is 0 Å². The normalized spacial score (nSPS) is 22.6. The van der Waals surface area contributed by atoms with Crippen LogP contribution >= 0.6 is 11.8 Å². The fourth-order valence-electron chi connectivity index (χ4n) is 2.98. The number of hydrogen-bond acceptors (Lipinski definition) is 4. The summed E-state index contributed by atoms with van der Waals surface area (Å²) in [7, 11) is 1.99. The van der Waals surface area contributed by atoms with Crippen LogP contribution in [-0.4, -0.2) is 36.4 Å². The number of aliphatic hydroxyl groups is 1. The maximum absolute atomic E-state index is 10.2. The fraction of sp³-hybridized carbons (Fsp3) is 0.533. The second-order valence-electron chi connectivity index (χ2n) is 5.30. The molecule has 4 N–H and O–H groups in total. The van der Waals surface area contributed by atoms with Crippen LogP contribution in [0.15, 0.2) is 23.1 Å². The van der Waals surface area contributed by atoms with Crippen molar-refractivity contribution in [2.45, 2.75) is 42.7 Å². The molecule has 0 bridgehead atoms. The second kappa shape index (κ2) is 6.50. The van der Waals surface area contributed by atoms with Gasteiger partial charge in [0.1, 0.15) is 5.84 Å². The van der Waals surface area contributed by atoms with Gasteiger partial charge >= 0.3 is 0 Å². The number of nitrogen functional groups attached to an aromatic ring is 1. The highest BCUT2D eigenvalue weighted by molar-refractivity contribution is 7.98. The highest BCUT2D eigenvalue weighted by Crippen LogP contribution is 2.33. The van der Waals surface area contributed by atoms with Gasteiger partial charge < -0.3 is 15.7 Å². The first-order valence-corrected chi connectivity index (χ1v) is 8.21. The average molecular weight is 293 g/mol. The Morgan fingerprint density at radius 1 is 1.40 bits per heavy atom. The Morgan fingerprint density at radius 3 is 2.70 bits per heavy atom. The van der Waals surface area contributed by atoms with Crippen molar-refractivity contribution in [3.05, 3.63) is 23.8 Å². The number of nitrogens with zero attached hydrogens (tertiary/aromatic N) is 1. The molecule has 0 heterocycles. The lowest BCUT2D eigenvalue weighted by Gasteiger charge is -2.37. The Bertz CT molecular complexity index is 492. The number of hydrogen-bond donors (Lipinski definition) is 3. The van der Waals surface area contributed by atoms with E-state index in [1.54, 1.807) is 11.8 Å². The van der Waals surface area contributed by atoms with Crippen LogP contribution in [0, 0.1) is 5.41 Å². The predicted octanol–water partition coefficient (Wildman–Crippen LogP) is 2.43. The molecule has 20 heavy (non-hydrogen) atoms. The van der Waals surface area contributed by atoms with E-state index in [-0.39, 0.29) is 18.0 Å². The number of rotatable bonds is 4. The van der Waals surface area contributed by atoms with Crippen LogP contribution in [0.1, 0.15) is 31.2 Å². The Labute approximate surface area is 124 Å². The lowest BCUT2D eigenvalue weighted by Crippen LogP contribution is -2.44. The molecule has 1 aliphatic carbocycles. The number of nitrogens with two attached hydrogens (primary N) is 1. The third-order valence-electron chi connectivity index (χ3n) is 4.06. The summed E-state index contributed by atoms with van der Waals surface area (Å²) in [5.74, 6) is 0.0853. The molecule has 0 saturated heterocycles. The smallest absolute Gasteiger partial charge is 0.126 e. The number of likely N-dealkylation sites (N-methyl/N-ethyl adjacent to an activating group) is 1. The first kappa shape index (κ1) is 15.2. The maximum Gasteiger partial charge on any atom is 0.126 e. The summed E-state index contributed by atoms with van der Waals surface area (Å²) in [4.78, 5) is 3.10. The molecule has 0 spiro atoms. The van der Waals surface area contributed by atoms with Crippen LogP contribution in [0.5, 0.6) is 0 Å². The van der Waals surface area contributed by atoms with E-state index in [9.17, 15) is 5.11 Å². The molecule has 0 amide bonds. The van der Waals surface area contributed by atoms with Gasteiger partial charge in [0, 0.05) is 17.6 Å². The van der Waals surface area contributed by atoms with E-state index < -0.39 is 0 Å². The molecule has 2 unspecified atom stereocenters. The zero-order chi connectivity index (χ0) is 14.7. The van der Waals surface area contributed by atoms with Gasteiger partial charge in [0.15, 0.2) is 0 Å². The Hall–Kier alpha value is -1.20. The number of benzene rings is 1. The van der Waals surface area contributed by atoms with Gasteiger partial charge in [-0.2, -0.15) is 0 Å². The van der Waals surface area contributed by atoms with Crippen LogP contribution in [0.2, 0.25) is 0 Å². The van der Waals surface area contributed by atoms with Crippen LogP contribution in [0.25, 0.3) is 0 Å². The Morgan fingerprint density at radius 2 is 2.10 bits per heavy atom. The molecule has 0 aliphatic heterocycles. The van der Waals surface area contributed by atoms with Gasteiger partial charge in [-0.05, 0) is 31.2 Å². The summed E-state index contributed by atoms with van der Waals surface area (Å²) in [6.07, 6.45) is 5.76. The second-order valence-corrected chi connectivity index (χ2v) is 6.15. The van der Waals surface area contributed by atoms with Crippen molar-refractivity contribution in [1.29, 1.82) is 5.41 Å². The molecule has 5 heteroatoms. The van der Waals surface area contributed by atoms with Gasteiger partial charge in [-0.1, -0.05) is 18.9 Å². The highest BCUT2D eigenvalue weighted by Gasteiger charge is 2.28. The number of amidine groups is 1. The van der Waals surface area contributed by atoms with E-state index in [0.717, 1.165) is 41.8 Å². The van der Waals surface area contributed by atoms with Crippen LogP contribution < -0.4 is 10.6 Å². The molecule has 1 saturated carbocycles. The van der Waals surface area contributed by atoms with E-state index in [4.69, 9.17) is 11.1 Å². The molecule has 1 aromatic rings. The molecule has 2 atom stereocenters. The van der Waals surface area contributed by atoms with Crippen molar-refractivity contribution in [3.63, 3.8) is 0 Å². The summed E-state index contributed by atoms with van der Waals surface area (Å²) in [5.41, 5.74) is 7.49. The topological polar surface area (TPSA) is 73.3 Å². The molecular weight excluding hydrogens is 270 g/mol. The molecular formula is C15H23N3OS. The van der Waals surface area contributed by atoms with Crippen molar-refractivity contribution in [1.82, 2.24) is 0 Å². The van der Waals surface area contributed by atoms with Crippen molar-refractivity contribution in [2.75, 3.05) is 18.2 Å². The van der Waals surface area contributed by atoms with E-state index in [1.807, 2.05) is 31.5 Å². The molecule has 0 aromatic heterocycles. The standard InChI is InChI=1S/C15H23N3OS/c1-18(10-6-3-4-8-12(10)19)11-7-5-9-13(20-2)14(11)15(16)17/h5,7,9-10,12,19H,3-4,6,8H2,1-2H3,(H3,16,17). The zero-order valence-corrected chi connectivity index (χ0v) is 12.9. The van der Waals surface area contributed by atoms with Gasteiger partial charge in [0.25, 0.3) is 0 Å². The first-order valence-electron chi connectivity index (χ1n) is 6.98. The molecule has 110 valence electrons. The maximum atomic E-state index is 10.2. The van der Waals surface area contributed by atoms with E-state index in [2.05, 4.69) is 4.90 Å². The summed E-state index contributed by atoms with van der Waals surface area (Å²) >= 11 is 1.59. The van der Waals surface area contributed by atoms with Crippen molar-refractivity contribution in [3.8, 4) is 0 Å². The van der Waals surface area contributed by atoms with Crippen molar-refractivity contribution >= 4 is 23.3 Å². The van der Waals surface area contributed by atoms with E-state index in [1.165, 1.54) is 0 Å². The monoisotopic (exact) mass is 293 g/mol. The fourth-order valence-corrected chi connectivity index (χ4v) is 3.61. The number of nitrogens with one attached hydrogen (secondary N) is 1. The SMILES string of the molecule is CSc1cccc(N(C)C2CCCCC2O)c1C(=N)N. The number of aliphatic hydroxyl groups excluding tert-OH is 1. The van der Waals surface area contributed by atoms with Gasteiger partial charge in [0.2, 0.25) is 0 Å². The van der Waals surface area contributed by atoms with Gasteiger partial charge in [-0.15, -0.1) is 11.8 Å². The quantitative estimate of drug-likeness (QED) is 0.453. The van der Waals surface area contributed by atoms with Gasteiger partial charge in [0.05, 0.1) is 17.7 Å². The predicted molar refractivity (Wildman–Crippen MR) is 85.9 cm³/mol. The van der Waals surface area contributed by atoms with Crippen LogP contribution in [0.4, 0.5) is 5.69 Å². The highest BCUT2D eigenvalue weighted by atomic mass is 32.2. The Kier molecular flexibility index (Phi) is 4.94. The minimum atomic E-state index is -0.300. The average Bonchev–Trinajstić information content (AvgIpc) is 2.46. The summed E-state index contributed by atoms with van der Waals surface area (Å²) < 4.78 is 0. The molecule has 0 radical (unpaired) electrons. The number of anilines is 1. The first-order chi connectivity index (χ1) is 9.56. The molecule has 4 nitrogen and oxygen atoms in total. The van der Waals surface area contributed by atoms with Crippen molar-refractivity contribution < 1.29 is 5.11 Å². The lowest BCUT2D eigenvalue weighted by molar-refractivity contribution is 0.106. The van der Waals surface area contributed by atoms with Crippen molar-refractivity contribution in [2.24, 2.45) is 5.73 Å². The minimum Gasteiger partial charge on any atom is -0.391 e.